The average Bonchev–Trinajstić information content (AvgIpc) is 3.17. The van der Waals surface area contributed by atoms with Crippen LogP contribution >= 0.6 is 0 Å². The van der Waals surface area contributed by atoms with Crippen LogP contribution in [0.2, 0.25) is 0 Å². The lowest BCUT2D eigenvalue weighted by Crippen LogP contribution is -2.16. The second-order valence-electron chi connectivity index (χ2n) is 6.73. The minimum Gasteiger partial charge on any atom is -0.478 e. The Bertz CT molecular complexity index is 866. The fraction of sp³-hybridized carbons (Fsp3) is 0.286. The van der Waals surface area contributed by atoms with Crippen LogP contribution < -0.4 is 5.32 Å². The quantitative estimate of drug-likeness (QED) is 0.786. The van der Waals surface area contributed by atoms with Gasteiger partial charge in [-0.2, -0.15) is 0 Å². The molecule has 2 aromatic carbocycles. The van der Waals surface area contributed by atoms with E-state index in [1.807, 2.05) is 0 Å². The van der Waals surface area contributed by atoms with Crippen LogP contribution in [0.3, 0.4) is 0 Å². The largest absolute Gasteiger partial charge is 0.478 e. The molecule has 0 aromatic heterocycles. The number of carbonyl (C=O) groups is 3. The number of anilines is 1. The molecular formula is C21H21NO4. The number of amides is 1. The summed E-state index contributed by atoms with van der Waals surface area (Å²) in [5, 5.41) is 12.0. The minimum absolute atomic E-state index is 0.0385. The number of hydrogen-bond donors (Lipinski definition) is 2. The topological polar surface area (TPSA) is 83.5 Å². The number of carboxylic acid groups (broad SMARTS) is 1. The van der Waals surface area contributed by atoms with E-state index in [-0.39, 0.29) is 23.0 Å². The van der Waals surface area contributed by atoms with Crippen molar-refractivity contribution < 1.29 is 19.5 Å². The van der Waals surface area contributed by atoms with Crippen molar-refractivity contribution in [3.05, 3.63) is 64.7 Å². The van der Waals surface area contributed by atoms with Crippen molar-refractivity contribution >= 4 is 23.3 Å². The number of hydrogen-bond acceptors (Lipinski definition) is 3. The Labute approximate surface area is 152 Å². The van der Waals surface area contributed by atoms with E-state index in [0.29, 0.717) is 11.1 Å². The summed E-state index contributed by atoms with van der Waals surface area (Å²) in [4.78, 5) is 36.5. The van der Waals surface area contributed by atoms with Gasteiger partial charge in [-0.1, -0.05) is 36.6 Å². The smallest absolute Gasteiger partial charge is 0.337 e. The Morgan fingerprint density at radius 1 is 1.00 bits per heavy atom. The number of carbonyl (C=O) groups excluding carboxylic acids is 2. The van der Waals surface area contributed by atoms with Crippen LogP contribution in [0.4, 0.5) is 5.69 Å². The van der Waals surface area contributed by atoms with Crippen molar-refractivity contribution in [3.63, 3.8) is 0 Å². The second kappa shape index (κ2) is 7.52. The maximum Gasteiger partial charge on any atom is 0.337 e. The molecule has 5 heteroatoms. The van der Waals surface area contributed by atoms with E-state index in [4.69, 9.17) is 0 Å². The maximum atomic E-state index is 12.6. The molecule has 1 saturated carbocycles. The molecule has 0 bridgehead atoms. The van der Waals surface area contributed by atoms with E-state index < -0.39 is 11.9 Å². The molecule has 0 aliphatic heterocycles. The van der Waals surface area contributed by atoms with Gasteiger partial charge in [0, 0.05) is 17.0 Å². The monoisotopic (exact) mass is 351 g/mol. The summed E-state index contributed by atoms with van der Waals surface area (Å²) in [6, 6.07) is 11.4. The first-order valence-corrected chi connectivity index (χ1v) is 8.75. The van der Waals surface area contributed by atoms with Gasteiger partial charge in [-0.3, -0.25) is 9.59 Å². The molecular weight excluding hydrogens is 330 g/mol. The van der Waals surface area contributed by atoms with Crippen molar-refractivity contribution in [3.8, 4) is 0 Å². The fourth-order valence-corrected chi connectivity index (χ4v) is 3.38. The van der Waals surface area contributed by atoms with Crippen LogP contribution in [-0.4, -0.2) is 22.8 Å². The molecule has 1 aliphatic rings. The molecule has 134 valence electrons. The molecule has 3 rings (SSSR count). The Balaban J connectivity index is 1.82. The van der Waals surface area contributed by atoms with Gasteiger partial charge in [-0.25, -0.2) is 4.79 Å². The molecule has 0 unspecified atom stereocenters. The molecule has 0 spiro atoms. The van der Waals surface area contributed by atoms with E-state index in [2.05, 4.69) is 5.32 Å². The van der Waals surface area contributed by atoms with Crippen LogP contribution in [0.15, 0.2) is 42.5 Å². The maximum absolute atomic E-state index is 12.6. The molecule has 0 atom stereocenters. The number of ketones is 1. The van der Waals surface area contributed by atoms with Crippen molar-refractivity contribution in [1.82, 2.24) is 0 Å². The summed E-state index contributed by atoms with van der Waals surface area (Å²) in [7, 11) is 0. The SMILES string of the molecule is Cc1ccc(NC(=O)c2cccc(C(=O)C3CCCC3)c2)c(C(=O)O)c1. The predicted octanol–water partition coefficient (Wildman–Crippen LogP) is 4.32. The molecule has 1 fully saturated rings. The van der Waals surface area contributed by atoms with Gasteiger partial charge in [-0.15, -0.1) is 0 Å². The summed E-state index contributed by atoms with van der Waals surface area (Å²) in [5.41, 5.74) is 1.94. The molecule has 2 aromatic rings. The summed E-state index contributed by atoms with van der Waals surface area (Å²) < 4.78 is 0. The van der Waals surface area contributed by atoms with Crippen LogP contribution in [0.25, 0.3) is 0 Å². The zero-order chi connectivity index (χ0) is 18.7. The van der Waals surface area contributed by atoms with Crippen LogP contribution in [0.1, 0.15) is 62.3 Å². The highest BCUT2D eigenvalue weighted by atomic mass is 16.4. The van der Waals surface area contributed by atoms with Gasteiger partial charge in [0.05, 0.1) is 11.3 Å². The molecule has 26 heavy (non-hydrogen) atoms. The van der Waals surface area contributed by atoms with Gasteiger partial charge in [0.1, 0.15) is 0 Å². The highest BCUT2D eigenvalue weighted by Crippen LogP contribution is 2.28. The molecule has 1 aliphatic carbocycles. The number of aromatic carboxylic acids is 1. The van der Waals surface area contributed by atoms with Gasteiger partial charge in [-0.05, 0) is 44.0 Å². The van der Waals surface area contributed by atoms with E-state index >= 15 is 0 Å². The lowest BCUT2D eigenvalue weighted by atomic mass is 9.95. The molecule has 0 heterocycles. The van der Waals surface area contributed by atoms with Gasteiger partial charge >= 0.3 is 5.97 Å². The Morgan fingerprint density at radius 2 is 1.69 bits per heavy atom. The third-order valence-electron chi connectivity index (χ3n) is 4.79. The standard InChI is InChI=1S/C21H21NO4/c1-13-9-10-18(17(11-13)21(25)26)22-20(24)16-8-4-7-15(12-16)19(23)14-5-2-3-6-14/h4,7-12,14H,2-3,5-6H2,1H3,(H,22,24)(H,25,26). The zero-order valence-electron chi connectivity index (χ0n) is 14.6. The highest BCUT2D eigenvalue weighted by Gasteiger charge is 2.24. The first kappa shape index (κ1) is 17.9. The molecule has 0 saturated heterocycles. The average molecular weight is 351 g/mol. The lowest BCUT2D eigenvalue weighted by molar-refractivity contribution is 0.0697. The second-order valence-corrected chi connectivity index (χ2v) is 6.73. The first-order chi connectivity index (χ1) is 12.5. The van der Waals surface area contributed by atoms with E-state index in [9.17, 15) is 19.5 Å². The minimum atomic E-state index is -1.10. The predicted molar refractivity (Wildman–Crippen MR) is 98.8 cm³/mol. The Morgan fingerprint density at radius 3 is 2.38 bits per heavy atom. The van der Waals surface area contributed by atoms with Crippen LogP contribution in [0.5, 0.6) is 0 Å². The number of nitrogens with one attached hydrogen (secondary N) is 1. The van der Waals surface area contributed by atoms with E-state index in [1.54, 1.807) is 43.3 Å². The van der Waals surface area contributed by atoms with E-state index in [0.717, 1.165) is 31.2 Å². The summed E-state index contributed by atoms with van der Waals surface area (Å²) >= 11 is 0. The van der Waals surface area contributed by atoms with Crippen molar-refractivity contribution in [2.75, 3.05) is 5.32 Å². The first-order valence-electron chi connectivity index (χ1n) is 8.75. The van der Waals surface area contributed by atoms with Gasteiger partial charge in [0.15, 0.2) is 5.78 Å². The molecule has 2 N–H and O–H groups in total. The van der Waals surface area contributed by atoms with Gasteiger partial charge in [0.25, 0.3) is 5.91 Å². The Kier molecular flexibility index (Phi) is 5.16. The summed E-state index contributed by atoms with van der Waals surface area (Å²) in [6.45, 7) is 1.79. The normalized spacial score (nSPS) is 14.2. The molecule has 1 amide bonds. The Hall–Kier alpha value is -2.95. The highest BCUT2D eigenvalue weighted by molar-refractivity contribution is 6.09. The number of benzene rings is 2. The number of carboxylic acids is 1. The third kappa shape index (κ3) is 3.82. The number of Topliss-reactive ketones (excluding diaryl/α,β-unsaturated/α-hetero) is 1. The number of aryl methyl sites for hydroxylation is 1. The van der Waals surface area contributed by atoms with Crippen LogP contribution in [-0.2, 0) is 0 Å². The molecule has 0 radical (unpaired) electrons. The van der Waals surface area contributed by atoms with Crippen molar-refractivity contribution in [2.24, 2.45) is 5.92 Å². The van der Waals surface area contributed by atoms with Gasteiger partial charge in [0.2, 0.25) is 0 Å². The van der Waals surface area contributed by atoms with Crippen molar-refractivity contribution in [1.29, 1.82) is 0 Å². The van der Waals surface area contributed by atoms with E-state index in [1.165, 1.54) is 6.07 Å². The zero-order valence-corrected chi connectivity index (χ0v) is 14.6. The number of rotatable bonds is 5. The summed E-state index contributed by atoms with van der Waals surface area (Å²) in [6.07, 6.45) is 3.95. The van der Waals surface area contributed by atoms with Gasteiger partial charge < -0.3 is 10.4 Å². The van der Waals surface area contributed by atoms with Crippen molar-refractivity contribution in [2.45, 2.75) is 32.6 Å². The lowest BCUT2D eigenvalue weighted by Gasteiger charge is -2.11. The van der Waals surface area contributed by atoms with Crippen LogP contribution in [0, 0.1) is 12.8 Å². The summed E-state index contributed by atoms with van der Waals surface area (Å²) in [5.74, 6) is -1.41. The fourth-order valence-electron chi connectivity index (χ4n) is 3.38. The third-order valence-corrected chi connectivity index (χ3v) is 4.79. The molecule has 5 nitrogen and oxygen atoms in total.